The van der Waals surface area contributed by atoms with Crippen LogP contribution in [0.5, 0.6) is 0 Å². The lowest BCUT2D eigenvalue weighted by Crippen LogP contribution is -2.30. The number of aliphatic carboxylic acids is 1. The minimum absolute atomic E-state index is 0.0995. The van der Waals surface area contributed by atoms with Gasteiger partial charge in [0.2, 0.25) is 20.0 Å². The van der Waals surface area contributed by atoms with E-state index in [2.05, 4.69) is 4.72 Å². The van der Waals surface area contributed by atoms with Crippen molar-refractivity contribution in [3.05, 3.63) is 24.3 Å². The highest BCUT2D eigenvalue weighted by atomic mass is 32.2. The highest BCUT2D eigenvalue weighted by Crippen LogP contribution is 2.25. The molecule has 122 valence electrons. The number of benzene rings is 1. The summed E-state index contributed by atoms with van der Waals surface area (Å²) >= 11 is 0. The van der Waals surface area contributed by atoms with Crippen LogP contribution >= 0.6 is 0 Å². The molecule has 1 aliphatic rings. The number of carboxylic acid groups (broad SMARTS) is 1. The Morgan fingerprint density at radius 1 is 1.27 bits per heavy atom. The third-order valence-electron chi connectivity index (χ3n) is 3.52. The fourth-order valence-corrected chi connectivity index (χ4v) is 4.61. The van der Waals surface area contributed by atoms with E-state index in [4.69, 9.17) is 5.11 Å². The summed E-state index contributed by atoms with van der Waals surface area (Å²) in [5, 5.41) is 8.94. The van der Waals surface area contributed by atoms with Crippen LogP contribution < -0.4 is 4.72 Å². The zero-order valence-corrected chi connectivity index (χ0v) is 13.4. The van der Waals surface area contributed by atoms with Gasteiger partial charge in [0.1, 0.15) is 0 Å². The summed E-state index contributed by atoms with van der Waals surface area (Å²) in [6, 6.07) is 4.98. The highest BCUT2D eigenvalue weighted by molar-refractivity contribution is 7.90. The van der Waals surface area contributed by atoms with Crippen molar-refractivity contribution in [1.29, 1.82) is 0 Å². The maximum atomic E-state index is 12.5. The predicted octanol–water partition coefficient (Wildman–Crippen LogP) is -0.310. The second-order valence-corrected chi connectivity index (χ2v) is 8.69. The first-order valence-corrected chi connectivity index (χ1v) is 9.37. The second kappa shape index (κ2) is 5.95. The smallest absolute Gasteiger partial charge is 0.307 e. The Labute approximate surface area is 128 Å². The van der Waals surface area contributed by atoms with Crippen LogP contribution in [0, 0.1) is 5.92 Å². The number of nitrogens with zero attached hydrogens (tertiary/aromatic N) is 1. The molecule has 0 bridgehead atoms. The summed E-state index contributed by atoms with van der Waals surface area (Å²) in [5.41, 5.74) is 0. The number of hydrogen-bond donors (Lipinski definition) is 2. The van der Waals surface area contributed by atoms with Crippen molar-refractivity contribution >= 4 is 26.0 Å². The molecule has 8 nitrogen and oxygen atoms in total. The first-order valence-electron chi connectivity index (χ1n) is 6.45. The van der Waals surface area contributed by atoms with Gasteiger partial charge in [0.25, 0.3) is 0 Å². The molecular formula is C12H16N2O6S2. The number of carboxylic acids is 1. The minimum atomic E-state index is -3.92. The number of rotatable bonds is 5. The van der Waals surface area contributed by atoms with Gasteiger partial charge in [-0.15, -0.1) is 0 Å². The summed E-state index contributed by atoms with van der Waals surface area (Å²) in [5.74, 6) is -1.77. The van der Waals surface area contributed by atoms with Gasteiger partial charge >= 0.3 is 5.97 Å². The van der Waals surface area contributed by atoms with Crippen LogP contribution in [-0.4, -0.2) is 52.4 Å². The molecule has 1 fully saturated rings. The third-order valence-corrected chi connectivity index (χ3v) is 6.80. The quantitative estimate of drug-likeness (QED) is 0.753. The minimum Gasteiger partial charge on any atom is -0.481 e. The summed E-state index contributed by atoms with van der Waals surface area (Å²) in [4.78, 5) is 10.6. The van der Waals surface area contributed by atoms with Crippen molar-refractivity contribution in [1.82, 2.24) is 9.03 Å². The van der Waals surface area contributed by atoms with E-state index in [1.807, 2.05) is 0 Å². The van der Waals surface area contributed by atoms with Crippen LogP contribution in [-0.2, 0) is 24.8 Å². The van der Waals surface area contributed by atoms with Crippen LogP contribution in [0.2, 0.25) is 0 Å². The van der Waals surface area contributed by atoms with Gasteiger partial charge in [0.05, 0.1) is 15.7 Å². The first-order chi connectivity index (χ1) is 10.2. The van der Waals surface area contributed by atoms with Crippen LogP contribution in [0.25, 0.3) is 0 Å². The molecule has 0 radical (unpaired) electrons. The Bertz CT molecular complexity index is 788. The van der Waals surface area contributed by atoms with E-state index in [0.29, 0.717) is 0 Å². The van der Waals surface area contributed by atoms with Gasteiger partial charge in [-0.05, 0) is 31.7 Å². The van der Waals surface area contributed by atoms with Crippen molar-refractivity contribution < 1.29 is 26.7 Å². The number of hydrogen-bond acceptors (Lipinski definition) is 5. The molecule has 10 heteroatoms. The molecule has 1 saturated heterocycles. The molecule has 0 aliphatic carbocycles. The van der Waals surface area contributed by atoms with E-state index in [0.717, 1.165) is 10.4 Å². The Kier molecular flexibility index (Phi) is 4.57. The summed E-state index contributed by atoms with van der Waals surface area (Å²) in [6.07, 6.45) is 0.239. The first kappa shape index (κ1) is 16.9. The third kappa shape index (κ3) is 3.14. The summed E-state index contributed by atoms with van der Waals surface area (Å²) in [7, 11) is -6.44. The van der Waals surface area contributed by atoms with Gasteiger partial charge < -0.3 is 5.11 Å². The maximum Gasteiger partial charge on any atom is 0.307 e. The van der Waals surface area contributed by atoms with E-state index in [-0.39, 0.29) is 29.3 Å². The Morgan fingerprint density at radius 3 is 2.45 bits per heavy atom. The molecule has 0 amide bonds. The van der Waals surface area contributed by atoms with Gasteiger partial charge in [0.15, 0.2) is 0 Å². The van der Waals surface area contributed by atoms with E-state index >= 15 is 0 Å². The molecule has 0 spiro atoms. The van der Waals surface area contributed by atoms with Crippen molar-refractivity contribution in [2.45, 2.75) is 16.2 Å². The molecule has 1 heterocycles. The molecule has 22 heavy (non-hydrogen) atoms. The summed E-state index contributed by atoms with van der Waals surface area (Å²) < 4.78 is 51.6. The van der Waals surface area contributed by atoms with E-state index < -0.39 is 31.9 Å². The van der Waals surface area contributed by atoms with Gasteiger partial charge in [-0.3, -0.25) is 4.79 Å². The Hall–Kier alpha value is -1.49. The topological polar surface area (TPSA) is 121 Å². The fourth-order valence-electron chi connectivity index (χ4n) is 2.22. The molecule has 0 aromatic heterocycles. The monoisotopic (exact) mass is 348 g/mol. The normalized spacial score (nSPS) is 20.1. The van der Waals surface area contributed by atoms with Crippen molar-refractivity contribution in [2.24, 2.45) is 5.92 Å². The van der Waals surface area contributed by atoms with Crippen molar-refractivity contribution in [3.8, 4) is 0 Å². The van der Waals surface area contributed by atoms with Crippen LogP contribution in [0.4, 0.5) is 0 Å². The molecule has 1 aromatic rings. The molecule has 1 unspecified atom stereocenters. The van der Waals surface area contributed by atoms with E-state index in [9.17, 15) is 21.6 Å². The van der Waals surface area contributed by atoms with E-state index in [1.165, 1.54) is 25.2 Å². The predicted molar refractivity (Wildman–Crippen MR) is 77.2 cm³/mol. The fraction of sp³-hybridized carbons (Fsp3) is 0.417. The molecule has 1 atom stereocenters. The van der Waals surface area contributed by atoms with Gasteiger partial charge in [-0.2, -0.15) is 4.31 Å². The second-order valence-electron chi connectivity index (χ2n) is 4.87. The number of carbonyl (C=O) groups is 1. The standard InChI is InChI=1S/C12H16N2O6S2/c1-13-21(17,18)10-3-2-4-11(7-10)22(19,20)14-6-5-9(8-14)12(15)16/h2-4,7,9,13H,5-6,8H2,1H3,(H,15,16). The lowest BCUT2D eigenvalue weighted by molar-refractivity contribution is -0.141. The zero-order chi connectivity index (χ0) is 16.5. The van der Waals surface area contributed by atoms with Crippen molar-refractivity contribution in [2.75, 3.05) is 20.1 Å². The molecule has 0 saturated carbocycles. The maximum absolute atomic E-state index is 12.5. The van der Waals surface area contributed by atoms with Crippen LogP contribution in [0.1, 0.15) is 6.42 Å². The number of sulfonamides is 2. The highest BCUT2D eigenvalue weighted by Gasteiger charge is 2.36. The lowest BCUT2D eigenvalue weighted by atomic mass is 10.1. The molecule has 1 aliphatic heterocycles. The van der Waals surface area contributed by atoms with Gasteiger partial charge in [-0.1, -0.05) is 6.07 Å². The van der Waals surface area contributed by atoms with Crippen molar-refractivity contribution in [3.63, 3.8) is 0 Å². The van der Waals surface area contributed by atoms with Gasteiger partial charge in [-0.25, -0.2) is 21.6 Å². The van der Waals surface area contributed by atoms with E-state index in [1.54, 1.807) is 0 Å². The number of nitrogens with one attached hydrogen (secondary N) is 1. The molecule has 2 rings (SSSR count). The average molecular weight is 348 g/mol. The SMILES string of the molecule is CNS(=O)(=O)c1cccc(S(=O)(=O)N2CCC(C(=O)O)C2)c1. The lowest BCUT2D eigenvalue weighted by Gasteiger charge is -2.16. The average Bonchev–Trinajstić information content (AvgIpc) is 2.98. The largest absolute Gasteiger partial charge is 0.481 e. The Balaban J connectivity index is 2.35. The zero-order valence-electron chi connectivity index (χ0n) is 11.8. The molecule has 2 N–H and O–H groups in total. The summed E-state index contributed by atoms with van der Waals surface area (Å²) in [6.45, 7) is -0.0109. The van der Waals surface area contributed by atoms with Crippen LogP contribution in [0.3, 0.4) is 0 Å². The molecule has 1 aromatic carbocycles. The Morgan fingerprint density at radius 2 is 1.91 bits per heavy atom. The van der Waals surface area contributed by atoms with Crippen LogP contribution in [0.15, 0.2) is 34.1 Å². The van der Waals surface area contributed by atoms with Gasteiger partial charge in [0, 0.05) is 13.1 Å². The molecular weight excluding hydrogens is 332 g/mol.